The number of hydrogen-bond acceptors (Lipinski definition) is 2. The van der Waals surface area contributed by atoms with Gasteiger partial charge in [0.2, 0.25) is 0 Å². The van der Waals surface area contributed by atoms with E-state index in [-0.39, 0.29) is 0 Å². The summed E-state index contributed by atoms with van der Waals surface area (Å²) in [5.41, 5.74) is 6.17. The number of benzene rings is 6. The lowest BCUT2D eigenvalue weighted by molar-refractivity contribution is 1.51. The minimum Gasteiger partial charge on any atom is -0.256 e. The summed E-state index contributed by atoms with van der Waals surface area (Å²) in [7, 11) is 0. The van der Waals surface area contributed by atoms with E-state index in [1.54, 1.807) is 0 Å². The van der Waals surface area contributed by atoms with Crippen molar-refractivity contribution in [2.75, 3.05) is 0 Å². The van der Waals surface area contributed by atoms with Gasteiger partial charge in [-0.15, -0.1) is 0 Å². The molecule has 36 heavy (non-hydrogen) atoms. The maximum absolute atomic E-state index is 4.99. The van der Waals surface area contributed by atoms with Crippen molar-refractivity contribution in [1.29, 1.82) is 0 Å². The molecule has 0 N–H and O–H groups in total. The molecule has 0 fully saturated rings. The molecule has 0 spiro atoms. The third-order valence-corrected chi connectivity index (χ3v) is 6.37. The lowest BCUT2D eigenvalue weighted by Gasteiger charge is -2.16. The zero-order chi connectivity index (χ0) is 24.2. The van der Waals surface area contributed by atoms with Crippen molar-refractivity contribution < 1.29 is 0 Å². The Kier molecular flexibility index (Phi) is 5.91. The zero-order valence-electron chi connectivity index (χ0n) is 19.8. The first-order valence-corrected chi connectivity index (χ1v) is 12.1. The van der Waals surface area contributed by atoms with E-state index in [0.717, 1.165) is 44.4 Å². The Hall–Kier alpha value is -4.82. The first-order chi connectivity index (χ1) is 17.9. The standard InChI is InChI=1S/C34H24N2/c1-3-11-25(12-4-1)23-35-31-21-19-27-15-7-9-17-29(27)33(31)34-30-18-10-8-16-28(30)20-22-32(34)36-24-26-13-5-2-6-14-26/h1-24H. The van der Waals surface area contributed by atoms with Crippen LogP contribution in [0.15, 0.2) is 143 Å². The number of hydrogen-bond donors (Lipinski definition) is 0. The van der Waals surface area contributed by atoms with Crippen molar-refractivity contribution in [3.8, 4) is 11.1 Å². The Balaban J connectivity index is 1.63. The molecule has 0 atom stereocenters. The summed E-state index contributed by atoms with van der Waals surface area (Å²) in [4.78, 5) is 9.98. The molecular formula is C34H24N2. The molecule has 0 aliphatic rings. The molecule has 2 heteroatoms. The van der Waals surface area contributed by atoms with E-state index in [1.807, 2.05) is 48.8 Å². The van der Waals surface area contributed by atoms with Crippen LogP contribution in [0.3, 0.4) is 0 Å². The lowest BCUT2D eigenvalue weighted by Crippen LogP contribution is -1.89. The van der Waals surface area contributed by atoms with Crippen molar-refractivity contribution >= 4 is 45.3 Å². The van der Waals surface area contributed by atoms with Crippen LogP contribution in [-0.4, -0.2) is 12.4 Å². The number of nitrogens with zero attached hydrogens (tertiary/aromatic N) is 2. The molecule has 2 nitrogen and oxygen atoms in total. The van der Waals surface area contributed by atoms with Gasteiger partial charge in [-0.1, -0.05) is 121 Å². The highest BCUT2D eigenvalue weighted by molar-refractivity contribution is 6.13. The lowest BCUT2D eigenvalue weighted by atomic mass is 9.91. The van der Waals surface area contributed by atoms with E-state index >= 15 is 0 Å². The third-order valence-electron chi connectivity index (χ3n) is 6.37. The van der Waals surface area contributed by atoms with Gasteiger partial charge >= 0.3 is 0 Å². The number of rotatable bonds is 5. The van der Waals surface area contributed by atoms with Crippen molar-refractivity contribution in [2.24, 2.45) is 9.98 Å². The van der Waals surface area contributed by atoms with Crippen LogP contribution >= 0.6 is 0 Å². The molecule has 0 unspecified atom stereocenters. The predicted octanol–water partition coefficient (Wildman–Crippen LogP) is 9.16. The highest BCUT2D eigenvalue weighted by atomic mass is 14.7. The Bertz CT molecular complexity index is 1580. The summed E-state index contributed by atoms with van der Waals surface area (Å²) in [6.45, 7) is 0. The monoisotopic (exact) mass is 460 g/mol. The van der Waals surface area contributed by atoms with Crippen LogP contribution in [0, 0.1) is 0 Å². The molecule has 170 valence electrons. The molecule has 6 aromatic rings. The van der Waals surface area contributed by atoms with Gasteiger partial charge in [0.1, 0.15) is 0 Å². The van der Waals surface area contributed by atoms with Crippen LogP contribution in [0.1, 0.15) is 11.1 Å². The Morgan fingerprint density at radius 1 is 0.361 bits per heavy atom. The average Bonchev–Trinajstić information content (AvgIpc) is 2.95. The van der Waals surface area contributed by atoms with E-state index in [1.165, 1.54) is 10.8 Å². The van der Waals surface area contributed by atoms with E-state index in [0.29, 0.717) is 0 Å². The normalized spacial score (nSPS) is 11.7. The van der Waals surface area contributed by atoms with Crippen LogP contribution in [0.4, 0.5) is 11.4 Å². The molecule has 0 aromatic heterocycles. The van der Waals surface area contributed by atoms with Gasteiger partial charge in [0, 0.05) is 23.6 Å². The van der Waals surface area contributed by atoms with Gasteiger partial charge in [0.15, 0.2) is 0 Å². The molecule has 0 aliphatic heterocycles. The van der Waals surface area contributed by atoms with Crippen LogP contribution in [0.5, 0.6) is 0 Å². The molecule has 6 aromatic carbocycles. The minimum absolute atomic E-state index is 0.921. The third kappa shape index (κ3) is 4.33. The molecule has 0 saturated carbocycles. The van der Waals surface area contributed by atoms with Crippen LogP contribution in [0.2, 0.25) is 0 Å². The van der Waals surface area contributed by atoms with Crippen LogP contribution in [-0.2, 0) is 0 Å². The van der Waals surface area contributed by atoms with Gasteiger partial charge in [0.05, 0.1) is 11.4 Å². The smallest absolute Gasteiger partial charge is 0.0715 e. The molecule has 0 bridgehead atoms. The predicted molar refractivity (Wildman–Crippen MR) is 154 cm³/mol. The second-order valence-corrected chi connectivity index (χ2v) is 8.70. The molecule has 0 heterocycles. The van der Waals surface area contributed by atoms with Crippen LogP contribution in [0.25, 0.3) is 32.7 Å². The van der Waals surface area contributed by atoms with E-state index in [9.17, 15) is 0 Å². The SMILES string of the molecule is C(=Nc1ccc2ccccc2c1-c1c(N=Cc2ccccc2)ccc2ccccc12)c1ccccc1. The van der Waals surface area contributed by atoms with E-state index in [2.05, 4.69) is 97.1 Å². The fourth-order valence-corrected chi connectivity index (χ4v) is 4.63. The van der Waals surface area contributed by atoms with Crippen molar-refractivity contribution in [1.82, 2.24) is 0 Å². The molecule has 0 aliphatic carbocycles. The largest absolute Gasteiger partial charge is 0.256 e. The minimum atomic E-state index is 0.921. The maximum atomic E-state index is 4.99. The summed E-state index contributed by atoms with van der Waals surface area (Å²) in [5.74, 6) is 0. The Morgan fingerprint density at radius 2 is 0.750 bits per heavy atom. The quantitative estimate of drug-likeness (QED) is 0.229. The molecule has 6 rings (SSSR count). The summed E-state index contributed by atoms with van der Waals surface area (Å²) >= 11 is 0. The van der Waals surface area contributed by atoms with Gasteiger partial charge in [-0.2, -0.15) is 0 Å². The average molecular weight is 461 g/mol. The summed E-state index contributed by atoms with van der Waals surface area (Å²) in [6, 6.07) is 46.0. The van der Waals surface area contributed by atoms with E-state index < -0.39 is 0 Å². The van der Waals surface area contributed by atoms with Gasteiger partial charge in [-0.25, -0.2) is 0 Å². The summed E-state index contributed by atoms with van der Waals surface area (Å²) in [6.07, 6.45) is 3.87. The van der Waals surface area contributed by atoms with Gasteiger partial charge < -0.3 is 0 Å². The van der Waals surface area contributed by atoms with Crippen molar-refractivity contribution in [3.63, 3.8) is 0 Å². The zero-order valence-corrected chi connectivity index (χ0v) is 19.8. The summed E-state index contributed by atoms with van der Waals surface area (Å²) < 4.78 is 0. The molecular weight excluding hydrogens is 436 g/mol. The fraction of sp³-hybridized carbons (Fsp3) is 0. The number of aliphatic imine (C=N–C) groups is 2. The first-order valence-electron chi connectivity index (χ1n) is 12.1. The highest BCUT2D eigenvalue weighted by Crippen LogP contribution is 2.45. The van der Waals surface area contributed by atoms with Crippen molar-refractivity contribution in [3.05, 3.63) is 145 Å². The Morgan fingerprint density at radius 3 is 1.19 bits per heavy atom. The highest BCUT2D eigenvalue weighted by Gasteiger charge is 2.16. The van der Waals surface area contributed by atoms with Crippen molar-refractivity contribution in [2.45, 2.75) is 0 Å². The van der Waals surface area contributed by atoms with Gasteiger partial charge in [-0.3, -0.25) is 9.98 Å². The number of fused-ring (bicyclic) bond motifs is 2. The van der Waals surface area contributed by atoms with Gasteiger partial charge in [0.25, 0.3) is 0 Å². The van der Waals surface area contributed by atoms with Gasteiger partial charge in [-0.05, 0) is 44.8 Å². The topological polar surface area (TPSA) is 24.7 Å². The second kappa shape index (κ2) is 9.81. The van der Waals surface area contributed by atoms with E-state index in [4.69, 9.17) is 9.98 Å². The maximum Gasteiger partial charge on any atom is 0.0715 e. The first kappa shape index (κ1) is 21.7. The Labute approximate surface area is 210 Å². The van der Waals surface area contributed by atoms with Crippen LogP contribution < -0.4 is 0 Å². The fourth-order valence-electron chi connectivity index (χ4n) is 4.63. The second-order valence-electron chi connectivity index (χ2n) is 8.70. The summed E-state index contributed by atoms with van der Waals surface area (Å²) in [5, 5.41) is 4.68. The molecule has 0 saturated heterocycles. The molecule has 0 amide bonds. The molecule has 0 radical (unpaired) electrons.